The van der Waals surface area contributed by atoms with Crippen molar-refractivity contribution in [2.75, 3.05) is 0 Å². The van der Waals surface area contributed by atoms with Gasteiger partial charge in [-0.3, -0.25) is 0 Å². The average Bonchev–Trinajstić information content (AvgIpc) is 1.61. The van der Waals surface area contributed by atoms with E-state index in [1.54, 1.807) is 6.29 Å². The summed E-state index contributed by atoms with van der Waals surface area (Å²) in [6.45, 7) is 0. The summed E-state index contributed by atoms with van der Waals surface area (Å²) in [4.78, 5) is 19.5. The van der Waals surface area contributed by atoms with Crippen molar-refractivity contribution < 1.29 is 9.59 Å². The molecule has 0 aromatic carbocycles. The van der Waals surface area contributed by atoms with Gasteiger partial charge in [0.2, 0.25) is 0 Å². The van der Waals surface area contributed by atoms with E-state index in [9.17, 15) is 9.59 Å². The zero-order valence-corrected chi connectivity index (χ0v) is 6.23. The Morgan fingerprint density at radius 2 is 2.29 bits per heavy atom. The molecule has 0 amide bonds. The number of rotatable bonds is 3. The van der Waals surface area contributed by atoms with Crippen molar-refractivity contribution in [1.29, 1.82) is 0 Å². The van der Waals surface area contributed by atoms with Gasteiger partial charge >= 0.3 is 59.7 Å². The minimum absolute atomic E-state index is 0.184. The molecule has 0 saturated heterocycles. The van der Waals surface area contributed by atoms with Gasteiger partial charge in [0.25, 0.3) is 0 Å². The maximum atomic E-state index is 10.1. The molecule has 0 aliphatic carbocycles. The molecule has 3 heteroatoms. The summed E-state index contributed by atoms with van der Waals surface area (Å²) >= 11 is 0.565. The summed E-state index contributed by atoms with van der Waals surface area (Å²) in [5.74, 6) is 0. The topological polar surface area (TPSA) is 34.1 Å². The van der Waals surface area contributed by atoms with Gasteiger partial charge in [-0.25, -0.2) is 0 Å². The molecule has 1 radical (unpaired) electrons. The van der Waals surface area contributed by atoms with Crippen LogP contribution in [-0.2, 0) is 9.59 Å². The van der Waals surface area contributed by atoms with Crippen LogP contribution in [0.3, 0.4) is 0 Å². The number of carbonyl (C=O) groups is 1. The van der Waals surface area contributed by atoms with Crippen LogP contribution in [0.4, 0.5) is 0 Å². The summed E-state index contributed by atoms with van der Waals surface area (Å²) in [5, 5.41) is 0. The van der Waals surface area contributed by atoms with Crippen LogP contribution in [0.1, 0.15) is 12.8 Å². The normalized spacial score (nSPS) is 8.29. The van der Waals surface area contributed by atoms with Crippen molar-refractivity contribution in [3.8, 4) is 0 Å². The van der Waals surface area contributed by atoms with Gasteiger partial charge in [0.15, 0.2) is 0 Å². The molecule has 0 spiro atoms. The van der Waals surface area contributed by atoms with Gasteiger partial charge in [-0.05, 0) is 0 Å². The van der Waals surface area contributed by atoms with Crippen LogP contribution in [0.15, 0.2) is 0 Å². The van der Waals surface area contributed by atoms with E-state index < -0.39 is 0 Å². The monoisotopic (exact) mass is 107 g/mol. The third kappa shape index (κ3) is 6.34. The molecule has 0 aliphatic rings. The molecule has 0 N–H and O–H groups in total. The Hall–Kier alpha value is 0.340. The fraction of sp³-hybridized carbons (Fsp3) is 0.500. The van der Waals surface area contributed by atoms with E-state index in [1.165, 1.54) is 0 Å². The zero-order valence-electron chi connectivity index (χ0n) is 4.23. The number of hydrogen-bond donors (Lipinski definition) is 0. The number of hydrogen-bond acceptors (Lipinski definition) is 2. The Morgan fingerprint density at radius 3 is 2.43 bits per heavy atom. The Kier molecular flexibility index (Phi) is 4.72. The molecule has 0 fully saturated rings. The van der Waals surface area contributed by atoms with Crippen molar-refractivity contribution in [3.63, 3.8) is 0 Å². The van der Waals surface area contributed by atoms with Gasteiger partial charge in [-0.15, -0.1) is 0 Å². The standard InChI is InChI=1S/C4H4O2.Na/c5-3-1-2-4-6;/h1-2H2;. The third-order valence-corrected chi connectivity index (χ3v) is 1.08. The third-order valence-electron chi connectivity index (χ3n) is 0.579. The van der Waals surface area contributed by atoms with Gasteiger partial charge in [0, 0.05) is 0 Å². The second kappa shape index (κ2) is 4.50. The molecule has 0 aliphatic heterocycles. The molecule has 0 saturated carbocycles. The van der Waals surface area contributed by atoms with Crippen LogP contribution in [0.25, 0.3) is 0 Å². The van der Waals surface area contributed by atoms with E-state index in [4.69, 9.17) is 0 Å². The Bertz CT molecular complexity index is 79.8. The quantitative estimate of drug-likeness (QED) is 0.458. The molecule has 0 bridgehead atoms. The fourth-order valence-electron chi connectivity index (χ4n) is 0.227. The van der Waals surface area contributed by atoms with Gasteiger partial charge in [0.05, 0.1) is 0 Å². The Labute approximate surface area is 59.7 Å². The Morgan fingerprint density at radius 1 is 1.71 bits per heavy atom. The van der Waals surface area contributed by atoms with E-state index >= 15 is 0 Å². The first-order valence-corrected chi connectivity index (χ1v) is 3.12. The van der Waals surface area contributed by atoms with Gasteiger partial charge < -0.3 is 0 Å². The van der Waals surface area contributed by atoms with Crippen molar-refractivity contribution in [1.82, 2.24) is 0 Å². The van der Waals surface area contributed by atoms with E-state index in [0.717, 1.165) is 0 Å². The SMILES string of the molecule is O=[C]CC[C](=O)[Na]. The molecule has 0 rings (SSSR count). The summed E-state index contributed by atoms with van der Waals surface area (Å²) in [6.07, 6.45) is 2.33. The summed E-state index contributed by atoms with van der Waals surface area (Å²) < 4.78 is 0.184. The van der Waals surface area contributed by atoms with Crippen LogP contribution >= 0.6 is 0 Å². The summed E-state index contributed by atoms with van der Waals surface area (Å²) in [5.41, 5.74) is 0. The first kappa shape index (κ1) is 7.34. The molecule has 2 nitrogen and oxygen atoms in total. The molecule has 33 valence electrons. The van der Waals surface area contributed by atoms with Crippen molar-refractivity contribution in [2.45, 2.75) is 12.8 Å². The summed E-state index contributed by atoms with van der Waals surface area (Å²) in [7, 11) is 0. The second-order valence-corrected chi connectivity index (χ2v) is 2.46. The van der Waals surface area contributed by atoms with E-state index in [-0.39, 0.29) is 9.45 Å². The molecule has 0 unspecified atom stereocenters. The van der Waals surface area contributed by atoms with Gasteiger partial charge in [-0.1, -0.05) is 0 Å². The summed E-state index contributed by atoms with van der Waals surface area (Å²) in [6, 6.07) is 0. The zero-order chi connectivity index (χ0) is 5.70. The molecule has 0 aromatic heterocycles. The average molecular weight is 107 g/mol. The minimum atomic E-state index is 0.184. The molecule has 7 heavy (non-hydrogen) atoms. The molecule has 0 atom stereocenters. The molecular weight excluding hydrogens is 103 g/mol. The van der Waals surface area contributed by atoms with E-state index in [0.29, 0.717) is 34.4 Å². The predicted molar refractivity (Wildman–Crippen MR) is 25.7 cm³/mol. The fourth-order valence-corrected chi connectivity index (χ4v) is 0.477. The van der Waals surface area contributed by atoms with E-state index in [2.05, 4.69) is 0 Å². The molecule has 0 heterocycles. The predicted octanol–water partition coefficient (Wildman–Crippen LogP) is -0.429. The maximum absolute atomic E-state index is 10.1. The second-order valence-electron chi connectivity index (χ2n) is 1.35. The van der Waals surface area contributed by atoms with Crippen LogP contribution < -0.4 is 0 Å². The van der Waals surface area contributed by atoms with Gasteiger partial charge in [-0.2, -0.15) is 0 Å². The van der Waals surface area contributed by atoms with E-state index in [1.807, 2.05) is 0 Å². The number of carbonyl (C=O) groups excluding carboxylic acids is 2. The van der Waals surface area contributed by atoms with Crippen LogP contribution in [-0.4, -0.2) is 37.2 Å². The van der Waals surface area contributed by atoms with Crippen molar-refractivity contribution >= 4 is 37.2 Å². The van der Waals surface area contributed by atoms with Crippen molar-refractivity contribution in [2.24, 2.45) is 0 Å². The van der Waals surface area contributed by atoms with Crippen LogP contribution in [0.5, 0.6) is 0 Å². The van der Waals surface area contributed by atoms with Gasteiger partial charge in [0.1, 0.15) is 0 Å². The first-order chi connectivity index (χ1) is 3.27. The Balaban J connectivity index is 2.97. The van der Waals surface area contributed by atoms with Crippen LogP contribution in [0, 0.1) is 0 Å². The molecule has 0 aromatic rings. The van der Waals surface area contributed by atoms with Crippen molar-refractivity contribution in [3.05, 3.63) is 0 Å². The van der Waals surface area contributed by atoms with Crippen LogP contribution in [0.2, 0.25) is 0 Å². The molecular formula is C4H4NaO2. The first-order valence-electron chi connectivity index (χ1n) is 2.12.